The molecule has 1 amide bonds. The predicted molar refractivity (Wildman–Crippen MR) is 92.6 cm³/mol. The summed E-state index contributed by atoms with van der Waals surface area (Å²) in [6.45, 7) is 0.441. The van der Waals surface area contributed by atoms with E-state index in [1.807, 2.05) is 0 Å². The molecule has 2 heterocycles. The second-order valence-corrected chi connectivity index (χ2v) is 7.79. The maximum Gasteiger partial charge on any atom is 0.256 e. The van der Waals surface area contributed by atoms with Crippen LogP contribution in [-0.2, 0) is 10.0 Å². The van der Waals surface area contributed by atoms with Crippen LogP contribution in [0.4, 0.5) is 5.82 Å². The summed E-state index contributed by atoms with van der Waals surface area (Å²) in [6, 6.07) is 11.0. The standard InChI is InChI=1S/C17H19N3O4S/c21-14-6-4-10-20(12-14)25(23,24)15-7-3-5-13(11-15)17(22)19-16-8-1-2-9-18-16/h1-3,5,7-9,11,14,21H,4,6,10,12H2,(H,18,19,22)/t14-/m1/s1. The second-order valence-electron chi connectivity index (χ2n) is 5.86. The Morgan fingerprint density at radius 3 is 2.80 bits per heavy atom. The Bertz CT molecular complexity index is 855. The third-order valence-electron chi connectivity index (χ3n) is 4.00. The number of anilines is 1. The van der Waals surface area contributed by atoms with Gasteiger partial charge in [-0.2, -0.15) is 4.31 Å². The third-order valence-corrected chi connectivity index (χ3v) is 5.86. The Morgan fingerprint density at radius 1 is 1.24 bits per heavy atom. The molecule has 0 saturated carbocycles. The molecule has 2 N–H and O–H groups in total. The van der Waals surface area contributed by atoms with Crippen molar-refractivity contribution in [1.82, 2.24) is 9.29 Å². The molecule has 2 aromatic rings. The highest BCUT2D eigenvalue weighted by molar-refractivity contribution is 7.89. The van der Waals surface area contributed by atoms with Crippen molar-refractivity contribution in [2.24, 2.45) is 0 Å². The van der Waals surface area contributed by atoms with Crippen molar-refractivity contribution in [2.45, 2.75) is 23.8 Å². The molecule has 1 aromatic carbocycles. The van der Waals surface area contributed by atoms with Gasteiger partial charge in [-0.25, -0.2) is 13.4 Å². The van der Waals surface area contributed by atoms with Crippen molar-refractivity contribution in [3.05, 3.63) is 54.2 Å². The molecule has 0 bridgehead atoms. The van der Waals surface area contributed by atoms with Crippen LogP contribution in [0.15, 0.2) is 53.6 Å². The number of pyridine rings is 1. The summed E-state index contributed by atoms with van der Waals surface area (Å²) < 4.78 is 26.7. The smallest absolute Gasteiger partial charge is 0.256 e. The third kappa shape index (κ3) is 4.04. The lowest BCUT2D eigenvalue weighted by Gasteiger charge is -2.29. The summed E-state index contributed by atoms with van der Waals surface area (Å²) in [4.78, 5) is 16.4. The van der Waals surface area contributed by atoms with Gasteiger partial charge < -0.3 is 10.4 Å². The lowest BCUT2D eigenvalue weighted by atomic mass is 10.1. The van der Waals surface area contributed by atoms with Crippen LogP contribution in [0.25, 0.3) is 0 Å². The molecule has 25 heavy (non-hydrogen) atoms. The predicted octanol–water partition coefficient (Wildman–Crippen LogP) is 1.48. The van der Waals surface area contributed by atoms with Crippen molar-refractivity contribution in [3.63, 3.8) is 0 Å². The number of aromatic nitrogens is 1. The van der Waals surface area contributed by atoms with E-state index in [9.17, 15) is 18.3 Å². The number of hydrogen-bond acceptors (Lipinski definition) is 5. The number of piperidine rings is 1. The number of sulfonamides is 1. The number of nitrogens with one attached hydrogen (secondary N) is 1. The van der Waals surface area contributed by atoms with Crippen molar-refractivity contribution in [1.29, 1.82) is 0 Å². The molecular weight excluding hydrogens is 342 g/mol. The average Bonchev–Trinajstić information content (AvgIpc) is 2.62. The number of rotatable bonds is 4. The second kappa shape index (κ2) is 7.30. The minimum atomic E-state index is -3.75. The summed E-state index contributed by atoms with van der Waals surface area (Å²) in [5.41, 5.74) is 0.226. The van der Waals surface area contributed by atoms with Crippen molar-refractivity contribution >= 4 is 21.7 Å². The van der Waals surface area contributed by atoms with E-state index in [2.05, 4.69) is 10.3 Å². The van der Waals surface area contributed by atoms with E-state index in [0.717, 1.165) is 0 Å². The Morgan fingerprint density at radius 2 is 2.08 bits per heavy atom. The fraction of sp³-hybridized carbons (Fsp3) is 0.294. The van der Waals surface area contributed by atoms with E-state index in [1.54, 1.807) is 30.5 Å². The number of aliphatic hydroxyl groups is 1. The first-order chi connectivity index (χ1) is 12.0. The van der Waals surface area contributed by atoms with E-state index in [0.29, 0.717) is 25.2 Å². The van der Waals surface area contributed by atoms with Gasteiger partial charge in [-0.15, -0.1) is 0 Å². The molecule has 0 unspecified atom stereocenters. The van der Waals surface area contributed by atoms with Gasteiger partial charge in [0.25, 0.3) is 5.91 Å². The first-order valence-electron chi connectivity index (χ1n) is 7.97. The lowest BCUT2D eigenvalue weighted by molar-refractivity contribution is 0.102. The van der Waals surface area contributed by atoms with Gasteiger partial charge in [-0.05, 0) is 43.2 Å². The average molecular weight is 361 g/mol. The topological polar surface area (TPSA) is 99.6 Å². The van der Waals surface area contributed by atoms with Crippen LogP contribution < -0.4 is 5.32 Å². The minimum Gasteiger partial charge on any atom is -0.392 e. The van der Waals surface area contributed by atoms with Crippen LogP contribution >= 0.6 is 0 Å². The molecule has 0 radical (unpaired) electrons. The molecule has 1 aromatic heterocycles. The van der Waals surface area contributed by atoms with Crippen LogP contribution in [0, 0.1) is 0 Å². The fourth-order valence-electron chi connectivity index (χ4n) is 2.71. The van der Waals surface area contributed by atoms with Gasteiger partial charge >= 0.3 is 0 Å². The van der Waals surface area contributed by atoms with E-state index < -0.39 is 22.0 Å². The number of hydrogen-bond donors (Lipinski definition) is 2. The van der Waals surface area contributed by atoms with Crippen molar-refractivity contribution in [2.75, 3.05) is 18.4 Å². The van der Waals surface area contributed by atoms with Gasteiger partial charge in [-0.3, -0.25) is 4.79 Å². The molecule has 8 heteroatoms. The summed E-state index contributed by atoms with van der Waals surface area (Å²) >= 11 is 0. The van der Waals surface area contributed by atoms with Crippen LogP contribution in [0.2, 0.25) is 0 Å². The zero-order valence-corrected chi connectivity index (χ0v) is 14.3. The van der Waals surface area contributed by atoms with E-state index in [-0.39, 0.29) is 17.0 Å². The Hall–Kier alpha value is -2.29. The highest BCUT2D eigenvalue weighted by Crippen LogP contribution is 2.22. The molecule has 1 atom stereocenters. The highest BCUT2D eigenvalue weighted by atomic mass is 32.2. The first-order valence-corrected chi connectivity index (χ1v) is 9.41. The molecule has 1 fully saturated rings. The van der Waals surface area contributed by atoms with Gasteiger partial charge in [0.05, 0.1) is 11.0 Å². The lowest BCUT2D eigenvalue weighted by Crippen LogP contribution is -2.42. The Balaban J connectivity index is 1.82. The zero-order valence-electron chi connectivity index (χ0n) is 13.5. The number of β-amino-alcohol motifs (C(OH)–C–C–N with tert-alkyl or cyclic N) is 1. The normalized spacial score (nSPS) is 18.7. The molecule has 7 nitrogen and oxygen atoms in total. The number of carbonyl (C=O) groups is 1. The number of nitrogens with zero attached hydrogens (tertiary/aromatic N) is 2. The number of aliphatic hydroxyl groups excluding tert-OH is 1. The zero-order chi connectivity index (χ0) is 17.9. The Kier molecular flexibility index (Phi) is 5.12. The number of benzene rings is 1. The van der Waals surface area contributed by atoms with Crippen LogP contribution in [0.3, 0.4) is 0 Å². The Labute approximate surface area is 146 Å². The minimum absolute atomic E-state index is 0.0373. The molecule has 0 spiro atoms. The first kappa shape index (κ1) is 17.5. The van der Waals surface area contributed by atoms with Crippen LogP contribution in [0.5, 0.6) is 0 Å². The van der Waals surface area contributed by atoms with Crippen molar-refractivity contribution < 1.29 is 18.3 Å². The molecule has 1 aliphatic heterocycles. The van der Waals surface area contributed by atoms with Crippen LogP contribution in [0.1, 0.15) is 23.2 Å². The van der Waals surface area contributed by atoms with Crippen LogP contribution in [-0.4, -0.2) is 47.9 Å². The summed E-state index contributed by atoms with van der Waals surface area (Å²) in [5, 5.41) is 12.3. The summed E-state index contributed by atoms with van der Waals surface area (Å²) in [6.07, 6.45) is 2.11. The largest absolute Gasteiger partial charge is 0.392 e. The van der Waals surface area contributed by atoms with E-state index in [4.69, 9.17) is 0 Å². The number of carbonyl (C=O) groups excluding carboxylic acids is 1. The van der Waals surface area contributed by atoms with Gasteiger partial charge in [0.15, 0.2) is 0 Å². The fourth-order valence-corrected chi connectivity index (χ4v) is 4.27. The van der Waals surface area contributed by atoms with Gasteiger partial charge in [0.2, 0.25) is 10.0 Å². The molecule has 0 aliphatic carbocycles. The molecule has 3 rings (SSSR count). The monoisotopic (exact) mass is 361 g/mol. The quantitative estimate of drug-likeness (QED) is 0.859. The summed E-state index contributed by atoms with van der Waals surface area (Å²) in [5.74, 6) is -0.0469. The van der Waals surface area contributed by atoms with Crippen molar-refractivity contribution in [3.8, 4) is 0 Å². The van der Waals surface area contributed by atoms with Gasteiger partial charge in [0.1, 0.15) is 5.82 Å². The number of amides is 1. The SMILES string of the molecule is O=C(Nc1ccccn1)c1cccc(S(=O)(=O)N2CCC[C@@H](O)C2)c1. The summed E-state index contributed by atoms with van der Waals surface area (Å²) in [7, 11) is -3.75. The van der Waals surface area contributed by atoms with E-state index >= 15 is 0 Å². The molecular formula is C17H19N3O4S. The maximum absolute atomic E-state index is 12.7. The highest BCUT2D eigenvalue weighted by Gasteiger charge is 2.29. The molecule has 132 valence electrons. The maximum atomic E-state index is 12.7. The van der Waals surface area contributed by atoms with E-state index in [1.165, 1.54) is 22.5 Å². The molecule has 1 saturated heterocycles. The van der Waals surface area contributed by atoms with Gasteiger partial charge in [0, 0.05) is 24.8 Å². The molecule has 1 aliphatic rings. The van der Waals surface area contributed by atoms with Gasteiger partial charge in [-0.1, -0.05) is 12.1 Å².